The van der Waals surface area contributed by atoms with Crippen LogP contribution in [0.15, 0.2) is 36.7 Å². The fourth-order valence-corrected chi connectivity index (χ4v) is 5.63. The number of piperidine rings is 1. The van der Waals surface area contributed by atoms with Crippen LogP contribution >= 0.6 is 12.4 Å². The van der Waals surface area contributed by atoms with Crippen molar-refractivity contribution in [2.24, 2.45) is 5.41 Å². The molecule has 0 radical (unpaired) electrons. The summed E-state index contributed by atoms with van der Waals surface area (Å²) in [6.07, 6.45) is 7.61. The standard InChI is InChI=1S/C26H33N5O.ClH/c1-3-20(4-2-19(1)5-10-31-11-8-26(9-12-31)16-27-17-26)23-15-22-24(21-6-13-32-14-7-21)28-18-29-25(22)30-23;/h1-4,15,18,21,27H,5-14,16-17H2,(H,28,29,30);1H. The summed E-state index contributed by atoms with van der Waals surface area (Å²) in [6, 6.07) is 11.3. The van der Waals surface area contributed by atoms with Gasteiger partial charge in [0.15, 0.2) is 0 Å². The Labute approximate surface area is 201 Å². The van der Waals surface area contributed by atoms with Gasteiger partial charge in [0.2, 0.25) is 0 Å². The summed E-state index contributed by atoms with van der Waals surface area (Å²) in [5.74, 6) is 0.463. The van der Waals surface area contributed by atoms with Crippen molar-refractivity contribution in [1.82, 2.24) is 25.2 Å². The van der Waals surface area contributed by atoms with Crippen molar-refractivity contribution in [2.45, 2.75) is 38.0 Å². The average molecular weight is 468 g/mol. The number of hydrogen-bond acceptors (Lipinski definition) is 5. The highest BCUT2D eigenvalue weighted by atomic mass is 35.5. The predicted molar refractivity (Wildman–Crippen MR) is 134 cm³/mol. The molecule has 7 heteroatoms. The lowest BCUT2D eigenvalue weighted by atomic mass is 9.73. The zero-order valence-electron chi connectivity index (χ0n) is 19.2. The van der Waals surface area contributed by atoms with Crippen LogP contribution in [0.4, 0.5) is 0 Å². The summed E-state index contributed by atoms with van der Waals surface area (Å²) in [7, 11) is 0. The molecule has 6 rings (SSSR count). The Hall–Kier alpha value is -1.99. The highest BCUT2D eigenvalue weighted by molar-refractivity contribution is 5.85. The molecular formula is C26H34ClN5O. The lowest BCUT2D eigenvalue weighted by molar-refractivity contribution is 0.0560. The van der Waals surface area contributed by atoms with Gasteiger partial charge in [0.05, 0.1) is 5.69 Å². The Bertz CT molecular complexity index is 1060. The molecule has 0 saturated carbocycles. The quantitative estimate of drug-likeness (QED) is 0.589. The molecule has 3 aliphatic heterocycles. The van der Waals surface area contributed by atoms with Crippen LogP contribution in [-0.4, -0.2) is 65.8 Å². The van der Waals surface area contributed by atoms with Crippen LogP contribution in [0.2, 0.25) is 0 Å². The topological polar surface area (TPSA) is 66.1 Å². The van der Waals surface area contributed by atoms with Crippen molar-refractivity contribution in [3.8, 4) is 11.3 Å². The number of nitrogens with one attached hydrogen (secondary N) is 2. The lowest BCUT2D eigenvalue weighted by Crippen LogP contribution is -2.58. The summed E-state index contributed by atoms with van der Waals surface area (Å²) in [5, 5.41) is 4.61. The molecule has 3 saturated heterocycles. The van der Waals surface area contributed by atoms with Crippen LogP contribution in [-0.2, 0) is 11.2 Å². The van der Waals surface area contributed by atoms with Gasteiger partial charge in [-0.05, 0) is 67.8 Å². The number of H-pyrrole nitrogens is 1. The molecule has 1 aromatic carbocycles. The zero-order chi connectivity index (χ0) is 21.4. The van der Waals surface area contributed by atoms with Gasteiger partial charge in [-0.15, -0.1) is 12.4 Å². The Morgan fingerprint density at radius 2 is 1.79 bits per heavy atom. The molecule has 0 bridgehead atoms. The number of nitrogens with zero attached hydrogens (tertiary/aromatic N) is 3. The summed E-state index contributed by atoms with van der Waals surface area (Å²) in [4.78, 5) is 15.3. The van der Waals surface area contributed by atoms with Crippen LogP contribution in [0.1, 0.15) is 42.9 Å². The van der Waals surface area contributed by atoms with E-state index in [0.29, 0.717) is 11.3 Å². The first-order valence-corrected chi connectivity index (χ1v) is 12.2. The number of benzene rings is 1. The molecule has 6 nitrogen and oxygen atoms in total. The molecular weight excluding hydrogens is 434 g/mol. The fourth-order valence-electron chi connectivity index (χ4n) is 5.63. The molecule has 0 unspecified atom stereocenters. The fraction of sp³-hybridized carbons (Fsp3) is 0.538. The van der Waals surface area contributed by atoms with Gasteiger partial charge in [-0.25, -0.2) is 9.97 Å². The Kier molecular flexibility index (Phi) is 6.70. The number of rotatable bonds is 5. The van der Waals surface area contributed by atoms with E-state index in [1.54, 1.807) is 6.33 Å². The monoisotopic (exact) mass is 467 g/mol. The van der Waals surface area contributed by atoms with E-state index in [1.165, 1.54) is 62.4 Å². The number of likely N-dealkylation sites (tertiary alicyclic amines) is 1. The van der Waals surface area contributed by atoms with Crippen molar-refractivity contribution >= 4 is 23.4 Å². The van der Waals surface area contributed by atoms with Gasteiger partial charge >= 0.3 is 0 Å². The van der Waals surface area contributed by atoms with Gasteiger partial charge in [0, 0.05) is 49.8 Å². The number of halogens is 1. The maximum absolute atomic E-state index is 5.54. The normalized spacial score (nSPS) is 21.1. The van der Waals surface area contributed by atoms with E-state index < -0.39 is 0 Å². The molecule has 1 spiro atoms. The maximum Gasteiger partial charge on any atom is 0.141 e. The van der Waals surface area contributed by atoms with Crippen LogP contribution in [0.5, 0.6) is 0 Å². The first-order valence-electron chi connectivity index (χ1n) is 12.2. The third-order valence-corrected chi connectivity index (χ3v) is 7.96. The zero-order valence-corrected chi connectivity index (χ0v) is 20.0. The maximum atomic E-state index is 5.54. The summed E-state index contributed by atoms with van der Waals surface area (Å²) in [6.45, 7) is 7.79. The minimum absolute atomic E-state index is 0. The smallest absolute Gasteiger partial charge is 0.141 e. The highest BCUT2D eigenvalue weighted by Crippen LogP contribution is 2.35. The third-order valence-electron chi connectivity index (χ3n) is 7.96. The van der Waals surface area contributed by atoms with Crippen molar-refractivity contribution in [2.75, 3.05) is 45.9 Å². The molecule has 0 amide bonds. The van der Waals surface area contributed by atoms with E-state index in [4.69, 9.17) is 4.74 Å². The first-order chi connectivity index (χ1) is 15.8. The predicted octanol–water partition coefficient (Wildman–Crippen LogP) is 4.17. The van der Waals surface area contributed by atoms with E-state index >= 15 is 0 Å². The van der Waals surface area contributed by atoms with E-state index in [0.717, 1.165) is 49.2 Å². The Morgan fingerprint density at radius 1 is 1.03 bits per heavy atom. The van der Waals surface area contributed by atoms with Gasteiger partial charge in [-0.3, -0.25) is 0 Å². The van der Waals surface area contributed by atoms with Gasteiger partial charge < -0.3 is 19.9 Å². The number of ether oxygens (including phenoxy) is 1. The SMILES string of the molecule is Cl.c1nc(C2CCOCC2)c2cc(-c3ccc(CCN4CCC5(CC4)CNC5)cc3)[nH]c2n1. The number of aromatic amines is 1. The van der Waals surface area contributed by atoms with Gasteiger partial charge in [-0.2, -0.15) is 0 Å². The molecule has 0 aliphatic carbocycles. The molecule has 2 N–H and O–H groups in total. The molecule has 33 heavy (non-hydrogen) atoms. The minimum atomic E-state index is 0. The third kappa shape index (κ3) is 4.67. The second kappa shape index (κ2) is 9.71. The molecule has 176 valence electrons. The number of fused-ring (bicyclic) bond motifs is 1. The molecule has 0 atom stereocenters. The largest absolute Gasteiger partial charge is 0.381 e. The highest BCUT2D eigenvalue weighted by Gasteiger charge is 2.39. The molecule has 3 aliphatic rings. The Morgan fingerprint density at radius 3 is 2.48 bits per heavy atom. The van der Waals surface area contributed by atoms with Gasteiger partial charge in [0.25, 0.3) is 0 Å². The van der Waals surface area contributed by atoms with E-state index in [9.17, 15) is 0 Å². The van der Waals surface area contributed by atoms with Gasteiger partial charge in [0.1, 0.15) is 12.0 Å². The van der Waals surface area contributed by atoms with Crippen LogP contribution < -0.4 is 5.32 Å². The number of hydrogen-bond donors (Lipinski definition) is 2. The second-order valence-corrected chi connectivity index (χ2v) is 9.98. The second-order valence-electron chi connectivity index (χ2n) is 9.98. The molecule has 2 aromatic heterocycles. The molecule has 5 heterocycles. The van der Waals surface area contributed by atoms with Crippen molar-refractivity contribution in [3.05, 3.63) is 47.9 Å². The summed E-state index contributed by atoms with van der Waals surface area (Å²) in [5.41, 5.74) is 6.48. The summed E-state index contributed by atoms with van der Waals surface area (Å²) < 4.78 is 5.54. The van der Waals surface area contributed by atoms with Crippen LogP contribution in [0, 0.1) is 5.41 Å². The lowest BCUT2D eigenvalue weighted by Gasteiger charge is -2.48. The Balaban J connectivity index is 0.00000228. The van der Waals surface area contributed by atoms with Crippen molar-refractivity contribution in [3.63, 3.8) is 0 Å². The number of aromatic nitrogens is 3. The van der Waals surface area contributed by atoms with E-state index in [-0.39, 0.29) is 12.4 Å². The average Bonchev–Trinajstić information content (AvgIpc) is 3.27. The first kappa shape index (κ1) is 22.8. The van der Waals surface area contributed by atoms with Gasteiger partial charge in [-0.1, -0.05) is 24.3 Å². The van der Waals surface area contributed by atoms with Crippen LogP contribution in [0.25, 0.3) is 22.3 Å². The van der Waals surface area contributed by atoms with Crippen LogP contribution in [0.3, 0.4) is 0 Å². The van der Waals surface area contributed by atoms with E-state index in [2.05, 4.69) is 55.5 Å². The summed E-state index contributed by atoms with van der Waals surface area (Å²) >= 11 is 0. The van der Waals surface area contributed by atoms with E-state index in [1.807, 2.05) is 0 Å². The molecule has 3 fully saturated rings. The van der Waals surface area contributed by atoms with Crippen molar-refractivity contribution < 1.29 is 4.74 Å². The molecule has 3 aromatic rings. The van der Waals surface area contributed by atoms with Crippen molar-refractivity contribution in [1.29, 1.82) is 0 Å². The minimum Gasteiger partial charge on any atom is -0.381 e.